The zero-order chi connectivity index (χ0) is 25.8. The van der Waals surface area contributed by atoms with Crippen LogP contribution in [0, 0.1) is 12.3 Å². The Morgan fingerprint density at radius 3 is 2.30 bits per heavy atom. The Kier molecular flexibility index (Phi) is 8.08. The first-order chi connectivity index (χ1) is 17.9. The fourth-order valence-electron chi connectivity index (χ4n) is 5.71. The van der Waals surface area contributed by atoms with E-state index in [0.29, 0.717) is 5.41 Å². The number of carbonyl (C=O) groups excluding carboxylic acids is 1. The van der Waals surface area contributed by atoms with Gasteiger partial charge in [0.25, 0.3) is 5.91 Å². The van der Waals surface area contributed by atoms with E-state index >= 15 is 0 Å². The molecule has 0 saturated carbocycles. The van der Waals surface area contributed by atoms with Crippen LogP contribution in [0.4, 0.5) is 5.69 Å². The largest absolute Gasteiger partial charge is 0.371 e. The summed E-state index contributed by atoms with van der Waals surface area (Å²) >= 11 is 9.92. The molecule has 2 saturated heterocycles. The van der Waals surface area contributed by atoms with Gasteiger partial charge in [-0.05, 0) is 85.0 Å². The minimum absolute atomic E-state index is 0.207. The number of aromatic nitrogens is 1. The van der Waals surface area contributed by atoms with Crippen molar-refractivity contribution in [2.75, 3.05) is 31.1 Å². The molecule has 2 fully saturated rings. The van der Waals surface area contributed by atoms with Crippen molar-refractivity contribution in [1.29, 1.82) is 0 Å². The number of likely N-dealkylation sites (tertiary alicyclic amines) is 1. The number of hydrogen-bond acceptors (Lipinski definition) is 5. The topological polar surface area (TPSA) is 48.5 Å². The second-order valence-electron chi connectivity index (χ2n) is 10.5. The third-order valence-corrected chi connectivity index (χ3v) is 9.28. The van der Waals surface area contributed by atoms with Crippen LogP contribution in [0.2, 0.25) is 5.02 Å². The third kappa shape index (κ3) is 5.97. The molecule has 1 N–H and O–H groups in total. The summed E-state index contributed by atoms with van der Waals surface area (Å²) in [6.45, 7) is 7.78. The Balaban J connectivity index is 0.000000265. The molecule has 0 atom stereocenters. The molecule has 2 aromatic carbocycles. The second-order valence-corrected chi connectivity index (χ2v) is 11.3. The number of carbonyl (C=O) groups is 1. The van der Waals surface area contributed by atoms with E-state index in [4.69, 9.17) is 11.6 Å². The predicted molar refractivity (Wildman–Crippen MR) is 154 cm³/mol. The number of amides is 1. The summed E-state index contributed by atoms with van der Waals surface area (Å²) < 4.78 is 0. The first kappa shape index (κ1) is 26.1. The predicted octanol–water partition coefficient (Wildman–Crippen LogP) is 6.14. The maximum absolute atomic E-state index is 13.0. The average Bonchev–Trinajstić information content (AvgIpc) is 3.41. The molecule has 6 rings (SSSR count). The summed E-state index contributed by atoms with van der Waals surface area (Å²) in [5.41, 5.74) is 6.28. The van der Waals surface area contributed by atoms with Crippen LogP contribution in [0.25, 0.3) is 0 Å². The Morgan fingerprint density at radius 1 is 0.946 bits per heavy atom. The van der Waals surface area contributed by atoms with Crippen LogP contribution >= 0.6 is 24.2 Å². The van der Waals surface area contributed by atoms with E-state index in [9.17, 15) is 4.79 Å². The van der Waals surface area contributed by atoms with Gasteiger partial charge in [0.2, 0.25) is 0 Å². The molecule has 7 heteroatoms. The monoisotopic (exact) mass is 534 g/mol. The highest BCUT2D eigenvalue weighted by molar-refractivity contribution is 7.80. The van der Waals surface area contributed by atoms with Gasteiger partial charge in [0, 0.05) is 67.8 Å². The van der Waals surface area contributed by atoms with Crippen LogP contribution in [-0.4, -0.2) is 42.0 Å². The van der Waals surface area contributed by atoms with Gasteiger partial charge in [-0.3, -0.25) is 9.78 Å². The molecule has 0 aliphatic carbocycles. The van der Waals surface area contributed by atoms with Gasteiger partial charge in [0.05, 0.1) is 5.02 Å². The molecule has 4 heterocycles. The minimum atomic E-state index is 0.207. The summed E-state index contributed by atoms with van der Waals surface area (Å²) in [5.74, 6) is 0.207. The number of pyridine rings is 1. The van der Waals surface area contributed by atoms with Gasteiger partial charge < -0.3 is 15.1 Å². The molecule has 37 heavy (non-hydrogen) atoms. The molecule has 1 aromatic heterocycles. The summed E-state index contributed by atoms with van der Waals surface area (Å²) in [4.78, 5) is 22.5. The molecule has 0 radical (unpaired) electrons. The zero-order valence-corrected chi connectivity index (χ0v) is 23.1. The Hall–Kier alpha value is -2.54. The molecule has 5 nitrogen and oxygen atoms in total. The highest BCUT2D eigenvalue weighted by atomic mass is 35.5. The van der Waals surface area contributed by atoms with Crippen LogP contribution in [0.3, 0.4) is 0 Å². The minimum Gasteiger partial charge on any atom is -0.371 e. The van der Waals surface area contributed by atoms with Crippen LogP contribution in [0.5, 0.6) is 0 Å². The van der Waals surface area contributed by atoms with Crippen molar-refractivity contribution in [3.8, 4) is 0 Å². The quantitative estimate of drug-likeness (QED) is 0.387. The van der Waals surface area contributed by atoms with E-state index in [2.05, 4.69) is 57.0 Å². The van der Waals surface area contributed by atoms with Gasteiger partial charge in [0.1, 0.15) is 0 Å². The van der Waals surface area contributed by atoms with Crippen molar-refractivity contribution >= 4 is 35.8 Å². The number of piperidine rings is 2. The Morgan fingerprint density at radius 2 is 1.62 bits per heavy atom. The van der Waals surface area contributed by atoms with Crippen molar-refractivity contribution < 1.29 is 4.79 Å². The lowest BCUT2D eigenvalue weighted by Crippen LogP contribution is -2.48. The number of fused-ring (bicyclic) bond motifs is 1. The lowest BCUT2D eigenvalue weighted by Gasteiger charge is -2.47. The van der Waals surface area contributed by atoms with Crippen LogP contribution in [0.1, 0.15) is 52.7 Å². The molecular formula is C30H35ClN4OS. The highest BCUT2D eigenvalue weighted by Crippen LogP contribution is 2.42. The Labute approximate surface area is 230 Å². The number of thiol groups is 1. The van der Waals surface area contributed by atoms with Crippen molar-refractivity contribution in [3.05, 3.63) is 88.2 Å². The molecule has 194 valence electrons. The lowest BCUT2D eigenvalue weighted by molar-refractivity contribution is 0.0515. The van der Waals surface area contributed by atoms with E-state index in [0.717, 1.165) is 73.2 Å². The summed E-state index contributed by atoms with van der Waals surface area (Å²) in [6, 6.07) is 16.1. The molecule has 0 unspecified atom stereocenters. The van der Waals surface area contributed by atoms with Crippen molar-refractivity contribution in [3.63, 3.8) is 0 Å². The summed E-state index contributed by atoms with van der Waals surface area (Å²) in [7, 11) is 0. The fourth-order valence-corrected chi connectivity index (χ4v) is 6.08. The molecule has 0 bridgehead atoms. The SMILES string of the molecule is Cc1cccc(Cl)c1S.O=C(c1ccc2c(c1)CNC2)N1CCC2(CC1)CCN(c1ccncc1)CC2. The van der Waals surface area contributed by atoms with Gasteiger partial charge in [-0.2, -0.15) is 0 Å². The zero-order valence-electron chi connectivity index (χ0n) is 21.4. The number of benzene rings is 2. The van der Waals surface area contributed by atoms with E-state index in [1.54, 1.807) is 0 Å². The molecule has 1 spiro atoms. The van der Waals surface area contributed by atoms with Crippen LogP contribution in [-0.2, 0) is 13.1 Å². The van der Waals surface area contributed by atoms with Gasteiger partial charge in [-0.15, -0.1) is 12.6 Å². The van der Waals surface area contributed by atoms with Gasteiger partial charge >= 0.3 is 0 Å². The van der Waals surface area contributed by atoms with E-state index in [-0.39, 0.29) is 5.91 Å². The second kappa shape index (κ2) is 11.5. The molecular weight excluding hydrogens is 500 g/mol. The maximum Gasteiger partial charge on any atom is 0.253 e. The van der Waals surface area contributed by atoms with Gasteiger partial charge in [-0.25, -0.2) is 0 Å². The van der Waals surface area contributed by atoms with Crippen LogP contribution < -0.4 is 10.2 Å². The maximum atomic E-state index is 13.0. The molecule has 3 aliphatic heterocycles. The van der Waals surface area contributed by atoms with Crippen LogP contribution in [0.15, 0.2) is 65.8 Å². The van der Waals surface area contributed by atoms with Gasteiger partial charge in [-0.1, -0.05) is 29.8 Å². The van der Waals surface area contributed by atoms with E-state index in [1.165, 1.54) is 29.7 Å². The average molecular weight is 535 g/mol. The molecule has 3 aliphatic rings. The first-order valence-corrected chi connectivity index (χ1v) is 14.0. The number of halogens is 1. The van der Waals surface area contributed by atoms with Gasteiger partial charge in [0.15, 0.2) is 0 Å². The standard InChI is InChI=1S/C23H28N4O.C7H7ClS/c28-22(18-1-2-19-16-25-17-20(19)15-18)27-13-7-23(8-14-27)5-11-26(12-6-23)21-3-9-24-10-4-21;1-5-3-2-4-6(8)7(5)9/h1-4,9-10,15,25H,5-8,11-14,16-17H2;2-4,9H,1H3. The number of nitrogens with zero attached hydrogens (tertiary/aromatic N) is 3. The first-order valence-electron chi connectivity index (χ1n) is 13.1. The molecule has 1 amide bonds. The molecule has 3 aromatic rings. The normalized spacial score (nSPS) is 18.2. The fraction of sp³-hybridized carbons (Fsp3) is 0.400. The number of anilines is 1. The van der Waals surface area contributed by atoms with E-state index < -0.39 is 0 Å². The lowest BCUT2D eigenvalue weighted by atomic mass is 9.71. The van der Waals surface area contributed by atoms with Crippen molar-refractivity contribution in [2.24, 2.45) is 5.41 Å². The number of aryl methyl sites for hydroxylation is 1. The number of nitrogens with one attached hydrogen (secondary N) is 1. The number of rotatable bonds is 2. The van der Waals surface area contributed by atoms with Crippen molar-refractivity contribution in [2.45, 2.75) is 50.6 Å². The van der Waals surface area contributed by atoms with Crippen molar-refractivity contribution in [1.82, 2.24) is 15.2 Å². The number of hydrogen-bond donors (Lipinski definition) is 2. The van der Waals surface area contributed by atoms with E-state index in [1.807, 2.05) is 43.6 Å². The highest BCUT2D eigenvalue weighted by Gasteiger charge is 2.38. The summed E-state index contributed by atoms with van der Waals surface area (Å²) in [5, 5.41) is 4.08. The third-order valence-electron chi connectivity index (χ3n) is 8.24. The summed E-state index contributed by atoms with van der Waals surface area (Å²) in [6.07, 6.45) is 8.46. The Bertz CT molecular complexity index is 1210. The smallest absolute Gasteiger partial charge is 0.253 e.